The van der Waals surface area contributed by atoms with Crippen LogP contribution in [0.25, 0.3) is 11.0 Å². The Balaban J connectivity index is 1.60. The highest BCUT2D eigenvalue weighted by molar-refractivity contribution is 5.77. The van der Waals surface area contributed by atoms with E-state index in [1.165, 1.54) is 5.56 Å². The molecule has 5 nitrogen and oxygen atoms in total. The molecule has 0 aliphatic carbocycles. The molecule has 4 rings (SSSR count). The average Bonchev–Trinajstić information content (AvgIpc) is 3.29. The molecule has 2 aromatic heterocycles. The fourth-order valence-electron chi connectivity index (χ4n) is 3.48. The van der Waals surface area contributed by atoms with Crippen LogP contribution in [0.5, 0.6) is 11.5 Å². The van der Waals surface area contributed by atoms with Crippen LogP contribution < -0.4 is 14.4 Å². The lowest BCUT2D eigenvalue weighted by Crippen LogP contribution is -2.20. The molecule has 24 heavy (non-hydrogen) atoms. The molecule has 1 N–H and O–H groups in total. The van der Waals surface area contributed by atoms with Crippen LogP contribution in [-0.2, 0) is 0 Å². The van der Waals surface area contributed by atoms with Crippen molar-refractivity contribution in [2.75, 3.05) is 32.2 Å². The number of rotatable bonds is 4. The number of hydrogen-bond donors (Lipinski definition) is 1. The molecule has 0 radical (unpaired) electrons. The minimum Gasteiger partial charge on any atom is -0.497 e. The van der Waals surface area contributed by atoms with Gasteiger partial charge >= 0.3 is 0 Å². The van der Waals surface area contributed by atoms with Gasteiger partial charge in [0, 0.05) is 36.2 Å². The number of aromatic amines is 1. The van der Waals surface area contributed by atoms with Gasteiger partial charge in [0.1, 0.15) is 23.0 Å². The highest BCUT2D eigenvalue weighted by Crippen LogP contribution is 2.37. The molecule has 0 saturated carbocycles. The number of benzene rings is 1. The summed E-state index contributed by atoms with van der Waals surface area (Å²) >= 11 is 0. The molecular formula is C19H21N3O2. The maximum Gasteiger partial charge on any atom is 0.139 e. The van der Waals surface area contributed by atoms with Gasteiger partial charge in [0.15, 0.2) is 0 Å². The van der Waals surface area contributed by atoms with E-state index in [9.17, 15) is 0 Å². The molecule has 0 amide bonds. The van der Waals surface area contributed by atoms with Crippen LogP contribution in [0.1, 0.15) is 17.9 Å². The molecule has 3 aromatic rings. The van der Waals surface area contributed by atoms with Gasteiger partial charge in [-0.25, -0.2) is 4.98 Å². The number of fused-ring (bicyclic) bond motifs is 1. The normalized spacial score (nSPS) is 17.4. The first kappa shape index (κ1) is 14.9. The van der Waals surface area contributed by atoms with Crippen molar-refractivity contribution in [3.8, 4) is 11.5 Å². The van der Waals surface area contributed by atoms with Crippen LogP contribution in [0.15, 0.2) is 42.6 Å². The van der Waals surface area contributed by atoms with E-state index in [1.807, 2.05) is 24.4 Å². The summed E-state index contributed by atoms with van der Waals surface area (Å²) in [5.41, 5.74) is 2.15. The highest BCUT2D eigenvalue weighted by Gasteiger charge is 2.27. The van der Waals surface area contributed by atoms with Crippen molar-refractivity contribution in [1.82, 2.24) is 9.97 Å². The SMILES string of the molecule is COc1ccc(OC)c(C2CCN(c3ccc4cc[nH]c4n3)C2)c1. The van der Waals surface area contributed by atoms with E-state index in [-0.39, 0.29) is 0 Å². The van der Waals surface area contributed by atoms with Crippen molar-refractivity contribution in [1.29, 1.82) is 0 Å². The van der Waals surface area contributed by atoms with Gasteiger partial charge in [0.05, 0.1) is 14.2 Å². The minimum atomic E-state index is 0.413. The van der Waals surface area contributed by atoms with Crippen LogP contribution in [0.3, 0.4) is 0 Å². The molecule has 5 heteroatoms. The van der Waals surface area contributed by atoms with Crippen molar-refractivity contribution in [2.45, 2.75) is 12.3 Å². The molecule has 1 atom stereocenters. The molecule has 0 bridgehead atoms. The second kappa shape index (κ2) is 6.07. The lowest BCUT2D eigenvalue weighted by molar-refractivity contribution is 0.396. The third kappa shape index (κ3) is 2.56. The fourth-order valence-corrected chi connectivity index (χ4v) is 3.48. The molecule has 124 valence electrons. The Morgan fingerprint density at radius 3 is 2.88 bits per heavy atom. The zero-order valence-corrected chi connectivity index (χ0v) is 14.0. The zero-order chi connectivity index (χ0) is 16.5. The van der Waals surface area contributed by atoms with E-state index in [0.717, 1.165) is 47.9 Å². The summed E-state index contributed by atoms with van der Waals surface area (Å²) in [7, 11) is 3.42. The third-order valence-electron chi connectivity index (χ3n) is 4.78. The summed E-state index contributed by atoms with van der Waals surface area (Å²) in [5, 5.41) is 1.14. The number of nitrogens with one attached hydrogen (secondary N) is 1. The maximum atomic E-state index is 5.55. The minimum absolute atomic E-state index is 0.413. The summed E-state index contributed by atoms with van der Waals surface area (Å²) in [6.45, 7) is 1.92. The van der Waals surface area contributed by atoms with Gasteiger partial charge in [-0.05, 0) is 42.8 Å². The number of aromatic nitrogens is 2. The number of hydrogen-bond acceptors (Lipinski definition) is 4. The molecule has 1 aromatic carbocycles. The van der Waals surface area contributed by atoms with Gasteiger partial charge < -0.3 is 19.4 Å². The quantitative estimate of drug-likeness (QED) is 0.797. The van der Waals surface area contributed by atoms with E-state index >= 15 is 0 Å². The predicted molar refractivity (Wildman–Crippen MR) is 95.2 cm³/mol. The van der Waals surface area contributed by atoms with Crippen molar-refractivity contribution in [3.05, 3.63) is 48.2 Å². The van der Waals surface area contributed by atoms with E-state index < -0.39 is 0 Å². The highest BCUT2D eigenvalue weighted by atomic mass is 16.5. The van der Waals surface area contributed by atoms with Gasteiger partial charge in [-0.3, -0.25) is 0 Å². The van der Waals surface area contributed by atoms with E-state index in [4.69, 9.17) is 14.5 Å². The number of pyridine rings is 1. The van der Waals surface area contributed by atoms with Crippen LogP contribution in [0.4, 0.5) is 5.82 Å². The van der Waals surface area contributed by atoms with Crippen molar-refractivity contribution >= 4 is 16.9 Å². The second-order valence-electron chi connectivity index (χ2n) is 6.12. The van der Waals surface area contributed by atoms with Gasteiger partial charge in [-0.2, -0.15) is 0 Å². The molecule has 1 aliphatic heterocycles. The van der Waals surface area contributed by atoms with Crippen molar-refractivity contribution in [3.63, 3.8) is 0 Å². The van der Waals surface area contributed by atoms with Crippen molar-refractivity contribution < 1.29 is 9.47 Å². The Morgan fingerprint density at radius 2 is 2.04 bits per heavy atom. The molecule has 1 saturated heterocycles. The fraction of sp³-hybridized carbons (Fsp3) is 0.316. The largest absolute Gasteiger partial charge is 0.497 e. The monoisotopic (exact) mass is 323 g/mol. The van der Waals surface area contributed by atoms with E-state index in [1.54, 1.807) is 14.2 Å². The Morgan fingerprint density at radius 1 is 1.12 bits per heavy atom. The van der Waals surface area contributed by atoms with Gasteiger partial charge in [-0.15, -0.1) is 0 Å². The predicted octanol–water partition coefficient (Wildman–Crippen LogP) is 3.57. The standard InChI is InChI=1S/C19H21N3O2/c1-23-15-4-5-17(24-2)16(11-15)14-8-10-22(12-14)18-6-3-13-7-9-20-19(13)21-18/h3-7,9,11,14H,8,10,12H2,1-2H3,(H,20,21). The second-order valence-corrected chi connectivity index (χ2v) is 6.12. The Kier molecular flexibility index (Phi) is 3.76. The van der Waals surface area contributed by atoms with E-state index in [2.05, 4.69) is 28.1 Å². The summed E-state index contributed by atoms with van der Waals surface area (Å²) in [6, 6.07) is 12.3. The Hall–Kier alpha value is -2.69. The zero-order valence-electron chi connectivity index (χ0n) is 14.0. The summed E-state index contributed by atoms with van der Waals surface area (Å²) < 4.78 is 10.9. The molecule has 3 heterocycles. The Labute approximate surface area is 141 Å². The molecular weight excluding hydrogens is 302 g/mol. The summed E-state index contributed by atoms with van der Waals surface area (Å²) in [6.07, 6.45) is 3.00. The van der Waals surface area contributed by atoms with Crippen LogP contribution >= 0.6 is 0 Å². The molecule has 1 unspecified atom stereocenters. The smallest absolute Gasteiger partial charge is 0.139 e. The number of anilines is 1. The third-order valence-corrected chi connectivity index (χ3v) is 4.78. The summed E-state index contributed by atoms with van der Waals surface area (Å²) in [5.74, 6) is 3.23. The first-order chi connectivity index (χ1) is 11.8. The number of methoxy groups -OCH3 is 2. The van der Waals surface area contributed by atoms with Gasteiger partial charge in [0.2, 0.25) is 0 Å². The van der Waals surface area contributed by atoms with Gasteiger partial charge in [-0.1, -0.05) is 0 Å². The lowest BCUT2D eigenvalue weighted by Gasteiger charge is -2.19. The number of H-pyrrole nitrogens is 1. The van der Waals surface area contributed by atoms with Crippen LogP contribution in [0, 0.1) is 0 Å². The maximum absolute atomic E-state index is 5.55. The average molecular weight is 323 g/mol. The summed E-state index contributed by atoms with van der Waals surface area (Å²) in [4.78, 5) is 10.3. The molecule has 0 spiro atoms. The molecule has 1 fully saturated rings. The van der Waals surface area contributed by atoms with Crippen LogP contribution in [0.2, 0.25) is 0 Å². The topological polar surface area (TPSA) is 50.4 Å². The van der Waals surface area contributed by atoms with Crippen LogP contribution in [-0.4, -0.2) is 37.3 Å². The van der Waals surface area contributed by atoms with E-state index in [0.29, 0.717) is 5.92 Å². The first-order valence-electron chi connectivity index (χ1n) is 8.19. The lowest BCUT2D eigenvalue weighted by atomic mass is 9.97. The first-order valence-corrected chi connectivity index (χ1v) is 8.19. The van der Waals surface area contributed by atoms with Gasteiger partial charge in [0.25, 0.3) is 0 Å². The Bertz CT molecular complexity index is 859. The van der Waals surface area contributed by atoms with Crippen molar-refractivity contribution in [2.24, 2.45) is 0 Å². The molecule has 1 aliphatic rings. The number of ether oxygens (including phenoxy) is 2. The number of nitrogens with zero attached hydrogens (tertiary/aromatic N) is 2.